The van der Waals surface area contributed by atoms with Crippen molar-refractivity contribution in [2.75, 3.05) is 31.9 Å². The highest BCUT2D eigenvalue weighted by atomic mass is 16.2. The number of nitrogen functional groups attached to an aromatic ring is 1. The zero-order valence-electron chi connectivity index (χ0n) is 11.4. The predicted octanol–water partition coefficient (Wildman–Crippen LogP) is 1.42. The summed E-state index contributed by atoms with van der Waals surface area (Å²) in [5, 5.41) is 0. The Labute approximate surface area is 114 Å². The predicted molar refractivity (Wildman–Crippen MR) is 75.7 cm³/mol. The van der Waals surface area contributed by atoms with Gasteiger partial charge in [-0.3, -0.25) is 9.69 Å². The van der Waals surface area contributed by atoms with Crippen molar-refractivity contribution in [1.29, 1.82) is 0 Å². The van der Waals surface area contributed by atoms with Gasteiger partial charge in [0.2, 0.25) is 5.91 Å². The molecule has 1 unspecified atom stereocenters. The molecule has 1 aliphatic heterocycles. The Bertz CT molecular complexity index is 492. The fourth-order valence-corrected chi connectivity index (χ4v) is 3.34. The first-order chi connectivity index (χ1) is 9.15. The molecule has 2 aliphatic rings. The molecule has 0 radical (unpaired) electrons. The first-order valence-electron chi connectivity index (χ1n) is 7.03. The first-order valence-corrected chi connectivity index (χ1v) is 7.03. The molecule has 1 aromatic carbocycles. The van der Waals surface area contributed by atoms with E-state index in [4.69, 9.17) is 5.73 Å². The van der Waals surface area contributed by atoms with Crippen LogP contribution in [0.25, 0.3) is 0 Å². The van der Waals surface area contributed by atoms with Crippen LogP contribution in [0.5, 0.6) is 0 Å². The lowest BCUT2D eigenvalue weighted by Crippen LogP contribution is -2.48. The van der Waals surface area contributed by atoms with Crippen LogP contribution in [0, 0.1) is 0 Å². The molecule has 0 saturated carbocycles. The van der Waals surface area contributed by atoms with E-state index in [0.29, 0.717) is 6.04 Å². The molecule has 102 valence electrons. The minimum Gasteiger partial charge on any atom is -0.399 e. The summed E-state index contributed by atoms with van der Waals surface area (Å²) >= 11 is 0. The van der Waals surface area contributed by atoms with Crippen molar-refractivity contribution >= 4 is 11.6 Å². The second kappa shape index (κ2) is 4.85. The number of hydrogen-bond acceptors (Lipinski definition) is 3. The molecule has 19 heavy (non-hydrogen) atoms. The minimum absolute atomic E-state index is 0.194. The maximum absolute atomic E-state index is 11.4. The SMILES string of the molecule is CC(=O)N1CCN(C2CCc3cc(N)ccc32)CC1. The van der Waals surface area contributed by atoms with Gasteiger partial charge >= 0.3 is 0 Å². The molecule has 2 N–H and O–H groups in total. The Morgan fingerprint density at radius 1 is 1.26 bits per heavy atom. The molecule has 1 amide bonds. The number of hydrogen-bond donors (Lipinski definition) is 1. The van der Waals surface area contributed by atoms with Crippen LogP contribution in [0.15, 0.2) is 18.2 Å². The number of fused-ring (bicyclic) bond motifs is 1. The van der Waals surface area contributed by atoms with Gasteiger partial charge in [0, 0.05) is 44.8 Å². The van der Waals surface area contributed by atoms with Crippen LogP contribution < -0.4 is 5.73 Å². The van der Waals surface area contributed by atoms with Crippen molar-refractivity contribution in [1.82, 2.24) is 9.80 Å². The van der Waals surface area contributed by atoms with E-state index in [2.05, 4.69) is 17.0 Å². The Balaban J connectivity index is 1.71. The van der Waals surface area contributed by atoms with E-state index in [1.807, 2.05) is 11.0 Å². The number of carbonyl (C=O) groups excluding carboxylic acids is 1. The number of piperazine rings is 1. The molecule has 1 atom stereocenters. The standard InChI is InChI=1S/C15H21N3O/c1-11(19)17-6-8-18(9-7-17)15-5-2-12-10-13(16)3-4-14(12)15/h3-4,10,15H,2,5-9,16H2,1H3. The lowest BCUT2D eigenvalue weighted by molar-refractivity contribution is -0.130. The molecule has 1 heterocycles. The normalized spacial score (nSPS) is 23.4. The second-order valence-electron chi connectivity index (χ2n) is 5.55. The number of benzene rings is 1. The molecular formula is C15H21N3O. The maximum Gasteiger partial charge on any atom is 0.219 e. The van der Waals surface area contributed by atoms with Gasteiger partial charge in [-0.2, -0.15) is 0 Å². The lowest BCUT2D eigenvalue weighted by Gasteiger charge is -2.38. The molecule has 4 heteroatoms. The van der Waals surface area contributed by atoms with Gasteiger partial charge in [0.1, 0.15) is 0 Å². The maximum atomic E-state index is 11.4. The van der Waals surface area contributed by atoms with E-state index in [1.165, 1.54) is 17.5 Å². The monoisotopic (exact) mass is 259 g/mol. The number of amides is 1. The van der Waals surface area contributed by atoms with E-state index < -0.39 is 0 Å². The van der Waals surface area contributed by atoms with Gasteiger partial charge in [0.25, 0.3) is 0 Å². The Morgan fingerprint density at radius 3 is 2.68 bits per heavy atom. The van der Waals surface area contributed by atoms with Crippen molar-refractivity contribution in [2.45, 2.75) is 25.8 Å². The van der Waals surface area contributed by atoms with Crippen LogP contribution in [-0.2, 0) is 11.2 Å². The Kier molecular flexibility index (Phi) is 3.19. The van der Waals surface area contributed by atoms with Crippen molar-refractivity contribution in [3.63, 3.8) is 0 Å². The zero-order chi connectivity index (χ0) is 13.4. The van der Waals surface area contributed by atoms with Gasteiger partial charge in [0.15, 0.2) is 0 Å². The van der Waals surface area contributed by atoms with E-state index in [0.717, 1.165) is 38.3 Å². The lowest BCUT2D eigenvalue weighted by atomic mass is 10.1. The van der Waals surface area contributed by atoms with E-state index in [9.17, 15) is 4.79 Å². The van der Waals surface area contributed by atoms with Crippen molar-refractivity contribution in [3.8, 4) is 0 Å². The zero-order valence-corrected chi connectivity index (χ0v) is 11.4. The number of aryl methyl sites for hydroxylation is 1. The van der Waals surface area contributed by atoms with Gasteiger partial charge in [-0.1, -0.05) is 6.07 Å². The molecule has 0 bridgehead atoms. The van der Waals surface area contributed by atoms with Crippen LogP contribution in [0.4, 0.5) is 5.69 Å². The van der Waals surface area contributed by atoms with Crippen LogP contribution >= 0.6 is 0 Å². The summed E-state index contributed by atoms with van der Waals surface area (Å²) in [6.45, 7) is 5.33. The molecule has 0 spiro atoms. The van der Waals surface area contributed by atoms with E-state index >= 15 is 0 Å². The highest BCUT2D eigenvalue weighted by Crippen LogP contribution is 2.36. The highest BCUT2D eigenvalue weighted by molar-refractivity contribution is 5.73. The van der Waals surface area contributed by atoms with Crippen molar-refractivity contribution in [3.05, 3.63) is 29.3 Å². The molecule has 3 rings (SSSR count). The summed E-state index contributed by atoms with van der Waals surface area (Å²) in [5.74, 6) is 0.194. The average molecular weight is 259 g/mol. The molecule has 1 aromatic rings. The number of nitrogens with zero attached hydrogens (tertiary/aromatic N) is 2. The first kappa shape index (κ1) is 12.5. The molecule has 1 fully saturated rings. The van der Waals surface area contributed by atoms with Crippen LogP contribution in [-0.4, -0.2) is 41.9 Å². The van der Waals surface area contributed by atoms with E-state index in [-0.39, 0.29) is 5.91 Å². The average Bonchev–Trinajstić information content (AvgIpc) is 2.81. The Hall–Kier alpha value is -1.55. The number of anilines is 1. The second-order valence-corrected chi connectivity index (χ2v) is 5.55. The quantitative estimate of drug-likeness (QED) is 0.776. The molecule has 0 aromatic heterocycles. The van der Waals surface area contributed by atoms with Gasteiger partial charge in [-0.15, -0.1) is 0 Å². The topological polar surface area (TPSA) is 49.6 Å². The minimum atomic E-state index is 0.194. The molecule has 4 nitrogen and oxygen atoms in total. The summed E-state index contributed by atoms with van der Waals surface area (Å²) in [6.07, 6.45) is 2.30. The van der Waals surface area contributed by atoms with Crippen molar-refractivity contribution in [2.24, 2.45) is 0 Å². The number of nitrogens with two attached hydrogens (primary N) is 1. The smallest absolute Gasteiger partial charge is 0.219 e. The number of rotatable bonds is 1. The van der Waals surface area contributed by atoms with E-state index in [1.54, 1.807) is 6.92 Å². The fraction of sp³-hybridized carbons (Fsp3) is 0.533. The molecular weight excluding hydrogens is 238 g/mol. The van der Waals surface area contributed by atoms with Gasteiger partial charge < -0.3 is 10.6 Å². The third-order valence-electron chi connectivity index (χ3n) is 4.41. The van der Waals surface area contributed by atoms with Crippen LogP contribution in [0.2, 0.25) is 0 Å². The van der Waals surface area contributed by atoms with Crippen LogP contribution in [0.3, 0.4) is 0 Å². The molecule has 1 aliphatic carbocycles. The van der Waals surface area contributed by atoms with Crippen molar-refractivity contribution < 1.29 is 4.79 Å². The largest absolute Gasteiger partial charge is 0.399 e. The summed E-state index contributed by atoms with van der Waals surface area (Å²) in [6, 6.07) is 6.81. The number of carbonyl (C=O) groups is 1. The summed E-state index contributed by atoms with van der Waals surface area (Å²) in [4.78, 5) is 15.8. The Morgan fingerprint density at radius 2 is 2.00 bits per heavy atom. The third kappa shape index (κ3) is 2.32. The van der Waals surface area contributed by atoms with Gasteiger partial charge in [-0.05, 0) is 36.1 Å². The highest BCUT2D eigenvalue weighted by Gasteiger charge is 2.30. The summed E-state index contributed by atoms with van der Waals surface area (Å²) in [5.41, 5.74) is 9.55. The van der Waals surface area contributed by atoms with Crippen LogP contribution in [0.1, 0.15) is 30.5 Å². The summed E-state index contributed by atoms with van der Waals surface area (Å²) in [7, 11) is 0. The van der Waals surface area contributed by atoms with Gasteiger partial charge in [-0.25, -0.2) is 0 Å². The summed E-state index contributed by atoms with van der Waals surface area (Å²) < 4.78 is 0. The fourth-order valence-electron chi connectivity index (χ4n) is 3.34. The molecule has 1 saturated heterocycles. The third-order valence-corrected chi connectivity index (χ3v) is 4.41. The van der Waals surface area contributed by atoms with Gasteiger partial charge in [0.05, 0.1) is 0 Å².